The fourth-order valence-corrected chi connectivity index (χ4v) is 4.21. The Kier molecular flexibility index (Phi) is 7.18. The van der Waals surface area contributed by atoms with Crippen molar-refractivity contribution in [3.05, 3.63) is 110 Å². The number of aromatic amines is 1. The fraction of sp³-hybridized carbons (Fsp3) is 0.103. The number of anilines is 1. The summed E-state index contributed by atoms with van der Waals surface area (Å²) in [5.41, 5.74) is 1.24. The van der Waals surface area contributed by atoms with Crippen molar-refractivity contribution in [1.82, 2.24) is 20.0 Å². The van der Waals surface area contributed by atoms with Gasteiger partial charge in [0.15, 0.2) is 5.52 Å². The summed E-state index contributed by atoms with van der Waals surface area (Å²) in [7, 11) is 2.83. The Hall–Kier alpha value is -5.58. The van der Waals surface area contributed by atoms with Crippen molar-refractivity contribution >= 4 is 45.6 Å². The molecule has 0 bridgehead atoms. The Morgan fingerprint density at radius 3 is 2.55 bits per heavy atom. The first-order chi connectivity index (χ1) is 19.4. The predicted molar refractivity (Wildman–Crippen MR) is 149 cm³/mol. The average Bonchev–Trinajstić information content (AvgIpc) is 3.35. The summed E-state index contributed by atoms with van der Waals surface area (Å²) in [5, 5.41) is 10.9. The molecule has 0 aliphatic rings. The smallest absolute Gasteiger partial charge is 0.339 e. The summed E-state index contributed by atoms with van der Waals surface area (Å²) in [6.07, 6.45) is 2.80. The van der Waals surface area contributed by atoms with Gasteiger partial charge in [-0.1, -0.05) is 35.5 Å². The zero-order chi connectivity index (χ0) is 28.2. The molecule has 1 amide bonds. The zero-order valence-corrected chi connectivity index (χ0v) is 21.5. The number of hydrogen-bond donors (Lipinski definition) is 2. The summed E-state index contributed by atoms with van der Waals surface area (Å²) in [6, 6.07) is 18.5. The lowest BCUT2D eigenvalue weighted by Crippen LogP contribution is -2.12. The molecule has 11 heteroatoms. The summed E-state index contributed by atoms with van der Waals surface area (Å²) < 4.78 is 11.3. The molecule has 5 aromatic rings. The topological polar surface area (TPSA) is 145 Å². The van der Waals surface area contributed by atoms with E-state index in [2.05, 4.69) is 20.6 Å². The van der Waals surface area contributed by atoms with E-state index in [4.69, 9.17) is 9.47 Å². The van der Waals surface area contributed by atoms with Gasteiger partial charge < -0.3 is 19.8 Å². The number of nitrogens with one attached hydrogen (secondary N) is 2. The first-order valence-electron chi connectivity index (χ1n) is 12.1. The van der Waals surface area contributed by atoms with Gasteiger partial charge in [0.2, 0.25) is 11.3 Å². The molecule has 11 nitrogen and oxygen atoms in total. The van der Waals surface area contributed by atoms with Gasteiger partial charge in [-0.25, -0.2) is 9.48 Å². The molecule has 0 radical (unpaired) electrons. The normalized spacial score (nSPS) is 11.2. The van der Waals surface area contributed by atoms with Crippen molar-refractivity contribution in [3.63, 3.8) is 0 Å². The van der Waals surface area contributed by atoms with Gasteiger partial charge >= 0.3 is 5.97 Å². The molecule has 0 unspecified atom stereocenters. The van der Waals surface area contributed by atoms with Crippen molar-refractivity contribution in [2.75, 3.05) is 19.5 Å². The molecular formula is C29H23N5O6. The lowest BCUT2D eigenvalue weighted by atomic mass is 10.1. The van der Waals surface area contributed by atoms with Crippen molar-refractivity contribution in [2.45, 2.75) is 6.54 Å². The van der Waals surface area contributed by atoms with Crippen LogP contribution in [0.5, 0.6) is 5.75 Å². The average molecular weight is 538 g/mol. The quantitative estimate of drug-likeness (QED) is 0.238. The molecule has 0 saturated carbocycles. The van der Waals surface area contributed by atoms with E-state index in [1.807, 2.05) is 12.1 Å². The van der Waals surface area contributed by atoms with Gasteiger partial charge in [-0.15, -0.1) is 5.10 Å². The van der Waals surface area contributed by atoms with Crippen LogP contribution >= 0.6 is 0 Å². The van der Waals surface area contributed by atoms with Gasteiger partial charge in [0.25, 0.3) is 5.56 Å². The number of ether oxygens (including phenoxy) is 2. The highest BCUT2D eigenvalue weighted by molar-refractivity contribution is 6.06. The van der Waals surface area contributed by atoms with Crippen LogP contribution in [0.3, 0.4) is 0 Å². The lowest BCUT2D eigenvalue weighted by molar-refractivity contribution is -0.111. The van der Waals surface area contributed by atoms with Crippen LogP contribution in [0, 0.1) is 0 Å². The minimum absolute atomic E-state index is 0.0737. The van der Waals surface area contributed by atoms with Crippen molar-refractivity contribution in [1.29, 1.82) is 0 Å². The number of para-hydroxylation sites is 1. The van der Waals surface area contributed by atoms with Crippen LogP contribution in [0.1, 0.15) is 21.5 Å². The molecule has 0 atom stereocenters. The van der Waals surface area contributed by atoms with E-state index >= 15 is 0 Å². The number of amides is 1. The number of carbonyl (C=O) groups excluding carboxylic acids is 2. The van der Waals surface area contributed by atoms with E-state index in [1.54, 1.807) is 61.7 Å². The Bertz CT molecular complexity index is 1910. The van der Waals surface area contributed by atoms with E-state index in [0.717, 1.165) is 5.56 Å². The van der Waals surface area contributed by atoms with Crippen LogP contribution in [0.4, 0.5) is 5.69 Å². The molecule has 40 heavy (non-hydrogen) atoms. The van der Waals surface area contributed by atoms with Gasteiger partial charge in [0, 0.05) is 11.5 Å². The number of rotatable bonds is 7. The molecule has 2 N–H and O–H groups in total. The van der Waals surface area contributed by atoms with Crippen molar-refractivity contribution < 1.29 is 19.1 Å². The zero-order valence-electron chi connectivity index (χ0n) is 21.5. The standard InChI is InChI=1S/C29H23N5O6/c1-39-19-11-7-18(8-12-19)16-34-26-25(32-33-34)28(37)31-23-15-17(9-13-20(23)27(26)36)10-14-24(35)30-22-6-4-3-5-21(22)29(38)40-2/h3-15H,16H2,1-2H3,(H,30,35)(H,31,37). The molecule has 200 valence electrons. The molecule has 0 aliphatic heterocycles. The van der Waals surface area contributed by atoms with Crippen molar-refractivity contribution in [2.24, 2.45) is 0 Å². The predicted octanol–water partition coefficient (Wildman–Crippen LogP) is 3.13. The Balaban J connectivity index is 1.45. The number of carbonyl (C=O) groups is 2. The number of fused-ring (bicyclic) bond motifs is 2. The van der Waals surface area contributed by atoms with Crippen LogP contribution < -0.4 is 21.0 Å². The van der Waals surface area contributed by atoms with Crippen molar-refractivity contribution in [3.8, 4) is 5.75 Å². The number of H-pyrrole nitrogens is 1. The second-order valence-electron chi connectivity index (χ2n) is 8.74. The minimum atomic E-state index is -0.575. The van der Waals surface area contributed by atoms with Gasteiger partial charge in [-0.2, -0.15) is 0 Å². The molecule has 3 aromatic carbocycles. The van der Waals surface area contributed by atoms with E-state index in [-0.39, 0.29) is 34.0 Å². The largest absolute Gasteiger partial charge is 0.497 e. The van der Waals surface area contributed by atoms with E-state index in [9.17, 15) is 19.2 Å². The molecule has 0 fully saturated rings. The highest BCUT2D eigenvalue weighted by atomic mass is 16.5. The Labute approximate surface area is 226 Å². The molecule has 0 spiro atoms. The summed E-state index contributed by atoms with van der Waals surface area (Å²) >= 11 is 0. The minimum Gasteiger partial charge on any atom is -0.497 e. The van der Waals surface area contributed by atoms with Crippen LogP contribution in [-0.4, -0.2) is 46.1 Å². The Morgan fingerprint density at radius 2 is 1.80 bits per heavy atom. The third kappa shape index (κ3) is 5.20. The second-order valence-corrected chi connectivity index (χ2v) is 8.74. The first kappa shape index (κ1) is 26.0. The van der Waals surface area contributed by atoms with Gasteiger partial charge in [0.1, 0.15) is 11.3 Å². The lowest BCUT2D eigenvalue weighted by Gasteiger charge is -2.07. The van der Waals surface area contributed by atoms with E-state index in [0.29, 0.717) is 17.0 Å². The highest BCUT2D eigenvalue weighted by Crippen LogP contribution is 2.18. The molecule has 0 aliphatic carbocycles. The third-order valence-corrected chi connectivity index (χ3v) is 6.21. The number of aromatic nitrogens is 4. The van der Waals surface area contributed by atoms with Crippen LogP contribution in [0.25, 0.3) is 28.0 Å². The monoisotopic (exact) mass is 537 g/mol. The number of methoxy groups -OCH3 is 2. The molecule has 5 rings (SSSR count). The van der Waals surface area contributed by atoms with Crippen LogP contribution in [0.15, 0.2) is 82.4 Å². The molecule has 2 aromatic heterocycles. The maximum absolute atomic E-state index is 13.5. The summed E-state index contributed by atoms with van der Waals surface area (Å²) in [6.45, 7) is 0.232. The van der Waals surface area contributed by atoms with Crippen LogP contribution in [-0.2, 0) is 16.1 Å². The van der Waals surface area contributed by atoms with Crippen LogP contribution in [0.2, 0.25) is 0 Å². The number of benzene rings is 3. The molecule has 0 saturated heterocycles. The summed E-state index contributed by atoms with van der Waals surface area (Å²) in [5.74, 6) is -0.367. The first-order valence-corrected chi connectivity index (χ1v) is 12.1. The SMILES string of the molecule is COC(=O)c1ccccc1NC(=O)C=Cc1ccc2c(=O)c3c(nnn3Cc3ccc(OC)cc3)c(=O)[nH]c2c1. The fourth-order valence-electron chi connectivity index (χ4n) is 4.21. The number of nitrogens with zero attached hydrogens (tertiary/aromatic N) is 3. The van der Waals surface area contributed by atoms with Gasteiger partial charge in [-0.3, -0.25) is 14.4 Å². The van der Waals surface area contributed by atoms with E-state index in [1.165, 1.54) is 23.9 Å². The Morgan fingerprint density at radius 1 is 1.02 bits per heavy atom. The molecular weight excluding hydrogens is 514 g/mol. The van der Waals surface area contributed by atoms with Gasteiger partial charge in [0.05, 0.1) is 37.5 Å². The summed E-state index contributed by atoms with van der Waals surface area (Å²) in [4.78, 5) is 53.6. The van der Waals surface area contributed by atoms with E-state index < -0.39 is 22.9 Å². The number of esters is 1. The molecule has 2 heterocycles. The number of hydrogen-bond acceptors (Lipinski definition) is 8. The third-order valence-electron chi connectivity index (χ3n) is 6.21. The van der Waals surface area contributed by atoms with Gasteiger partial charge in [-0.05, 0) is 53.6 Å². The maximum Gasteiger partial charge on any atom is 0.339 e. The maximum atomic E-state index is 13.5. The second kappa shape index (κ2) is 11.0. The highest BCUT2D eigenvalue weighted by Gasteiger charge is 2.15.